The van der Waals surface area contributed by atoms with Crippen LogP contribution in [0, 0.1) is 24.1 Å². The number of methoxy groups -OCH3 is 1. The van der Waals surface area contributed by atoms with Gasteiger partial charge in [-0.2, -0.15) is 5.26 Å². The number of likely N-dealkylation sites (N-methyl/N-ethyl adjacent to an activating group) is 1. The van der Waals surface area contributed by atoms with Crippen LogP contribution in [0.2, 0.25) is 0 Å². The highest BCUT2D eigenvalue weighted by molar-refractivity contribution is 5.83. The number of hydrogen-bond acceptors (Lipinski definition) is 4. The molecule has 180 valence electrons. The maximum atomic E-state index is 13.9. The Morgan fingerprint density at radius 2 is 1.94 bits per heavy atom. The van der Waals surface area contributed by atoms with E-state index in [0.29, 0.717) is 17.9 Å². The number of likely N-dealkylation sites (tertiary alicyclic amines) is 1. The largest absolute Gasteiger partial charge is 0.495 e. The van der Waals surface area contributed by atoms with E-state index in [1.165, 1.54) is 12.1 Å². The summed E-state index contributed by atoms with van der Waals surface area (Å²) in [5.74, 6) is 0.128. The van der Waals surface area contributed by atoms with Crippen molar-refractivity contribution in [3.63, 3.8) is 0 Å². The van der Waals surface area contributed by atoms with Crippen LogP contribution in [-0.4, -0.2) is 43.0 Å². The maximum absolute atomic E-state index is 13.9. The topological polar surface area (TPSA) is 56.6 Å². The number of allylic oxidation sites excluding steroid dienone is 1. The zero-order chi connectivity index (χ0) is 24.7. The second kappa shape index (κ2) is 11.8. The maximum Gasteiger partial charge on any atom is 0.244 e. The molecule has 6 heteroatoms. The van der Waals surface area contributed by atoms with Crippen LogP contribution in [0.4, 0.5) is 4.39 Å². The Hall–Kier alpha value is -3.17. The van der Waals surface area contributed by atoms with Crippen molar-refractivity contribution < 1.29 is 13.9 Å². The summed E-state index contributed by atoms with van der Waals surface area (Å²) >= 11 is 0. The highest BCUT2D eigenvalue weighted by Crippen LogP contribution is 2.33. The number of halogens is 1. The van der Waals surface area contributed by atoms with Gasteiger partial charge in [-0.15, -0.1) is 0 Å². The van der Waals surface area contributed by atoms with Crippen molar-refractivity contribution in [2.45, 2.75) is 52.1 Å². The molecule has 1 aliphatic rings. The molecule has 1 aliphatic heterocycles. The van der Waals surface area contributed by atoms with Crippen molar-refractivity contribution in [3.8, 4) is 11.8 Å². The van der Waals surface area contributed by atoms with E-state index in [1.54, 1.807) is 31.2 Å². The fraction of sp³-hybridized carbons (Fsp3) is 0.429. The summed E-state index contributed by atoms with van der Waals surface area (Å²) in [6, 6.07) is 9.81. The first-order chi connectivity index (χ1) is 16.4. The Balaban J connectivity index is 2.00. The van der Waals surface area contributed by atoms with Crippen LogP contribution < -0.4 is 4.74 Å². The minimum atomic E-state index is -0.480. The van der Waals surface area contributed by atoms with Gasteiger partial charge in [0.25, 0.3) is 0 Å². The molecule has 0 radical (unpaired) electrons. The number of nitriles is 1. The highest BCUT2D eigenvalue weighted by Gasteiger charge is 2.32. The molecular formula is C28H34FN3O2. The summed E-state index contributed by atoms with van der Waals surface area (Å²) < 4.78 is 19.3. The molecule has 0 bridgehead atoms. The van der Waals surface area contributed by atoms with E-state index < -0.39 is 6.04 Å². The molecule has 34 heavy (non-hydrogen) atoms. The van der Waals surface area contributed by atoms with Gasteiger partial charge in [0, 0.05) is 19.2 Å². The number of piperidine rings is 1. The van der Waals surface area contributed by atoms with Gasteiger partial charge in [0.05, 0.1) is 12.7 Å². The number of hydrogen-bond donors (Lipinski definition) is 0. The molecule has 0 spiro atoms. The lowest BCUT2D eigenvalue weighted by atomic mass is 9.95. The Bertz CT molecular complexity index is 1070. The van der Waals surface area contributed by atoms with E-state index in [0.717, 1.165) is 61.0 Å². The fourth-order valence-electron chi connectivity index (χ4n) is 4.68. The normalized spacial score (nSPS) is 15.2. The molecule has 0 N–H and O–H groups in total. The molecule has 5 nitrogen and oxygen atoms in total. The summed E-state index contributed by atoms with van der Waals surface area (Å²) in [4.78, 5) is 17.8. The molecule has 1 heterocycles. The average Bonchev–Trinajstić information content (AvgIpc) is 2.85. The Kier molecular flexibility index (Phi) is 8.84. The third kappa shape index (κ3) is 5.66. The quantitative estimate of drug-likeness (QED) is 0.510. The van der Waals surface area contributed by atoms with Crippen LogP contribution in [-0.2, 0) is 11.3 Å². The van der Waals surface area contributed by atoms with Gasteiger partial charge in [-0.3, -0.25) is 9.69 Å². The summed E-state index contributed by atoms with van der Waals surface area (Å²) in [6.07, 6.45) is 8.21. The van der Waals surface area contributed by atoms with Gasteiger partial charge in [-0.05, 0) is 74.2 Å². The SMILES string of the molecule is CC/C=C\c1c(C)cc(C#N)c(OC)c1CN(C)C(=O)C(c1ccc(F)cc1)N1CCCCC1. The molecular weight excluding hydrogens is 429 g/mol. The van der Waals surface area contributed by atoms with Crippen LogP contribution in [0.1, 0.15) is 66.5 Å². The van der Waals surface area contributed by atoms with Crippen molar-refractivity contribution in [2.24, 2.45) is 0 Å². The molecule has 2 aromatic carbocycles. The molecule has 0 saturated carbocycles. The first-order valence-corrected chi connectivity index (χ1v) is 11.9. The van der Waals surface area contributed by atoms with Crippen LogP contribution in [0.15, 0.2) is 36.4 Å². The van der Waals surface area contributed by atoms with E-state index in [2.05, 4.69) is 24.0 Å². The second-order valence-corrected chi connectivity index (χ2v) is 8.83. The molecule has 1 fully saturated rings. The average molecular weight is 464 g/mol. The number of carbonyl (C=O) groups excluding carboxylic acids is 1. The molecule has 0 aliphatic carbocycles. The van der Waals surface area contributed by atoms with Crippen molar-refractivity contribution in [1.29, 1.82) is 5.26 Å². The Morgan fingerprint density at radius 1 is 1.26 bits per heavy atom. The van der Waals surface area contributed by atoms with Crippen LogP contribution >= 0.6 is 0 Å². The number of carbonyl (C=O) groups is 1. The predicted molar refractivity (Wildman–Crippen MR) is 133 cm³/mol. The van der Waals surface area contributed by atoms with Gasteiger partial charge in [-0.25, -0.2) is 4.39 Å². The van der Waals surface area contributed by atoms with Gasteiger partial charge < -0.3 is 9.64 Å². The fourth-order valence-corrected chi connectivity index (χ4v) is 4.68. The van der Waals surface area contributed by atoms with Gasteiger partial charge in [0.1, 0.15) is 23.7 Å². The van der Waals surface area contributed by atoms with Crippen LogP contribution in [0.3, 0.4) is 0 Å². The van der Waals surface area contributed by atoms with E-state index in [1.807, 2.05) is 19.1 Å². The third-order valence-corrected chi connectivity index (χ3v) is 6.42. The van der Waals surface area contributed by atoms with Crippen molar-refractivity contribution in [1.82, 2.24) is 9.80 Å². The zero-order valence-electron chi connectivity index (χ0n) is 20.6. The molecule has 1 amide bonds. The van der Waals surface area contributed by atoms with Gasteiger partial charge in [-0.1, -0.05) is 37.6 Å². The highest BCUT2D eigenvalue weighted by atomic mass is 19.1. The standard InChI is InChI=1S/C28H34FN3O2/c1-5-6-10-24-20(2)17-22(18-30)27(34-4)25(24)19-31(3)28(33)26(32-15-8-7-9-16-32)21-11-13-23(29)14-12-21/h6,10-14,17,26H,5,7-9,15-16,19H2,1-4H3/b10-6-. The van der Waals surface area contributed by atoms with Crippen molar-refractivity contribution >= 4 is 12.0 Å². The zero-order valence-corrected chi connectivity index (χ0v) is 20.6. The minimum absolute atomic E-state index is 0.0546. The van der Waals surface area contributed by atoms with Crippen molar-refractivity contribution in [3.05, 3.63) is 70.0 Å². The van der Waals surface area contributed by atoms with E-state index in [9.17, 15) is 14.4 Å². The number of nitrogens with zero attached hydrogens (tertiary/aromatic N) is 3. The second-order valence-electron chi connectivity index (χ2n) is 8.83. The van der Waals surface area contributed by atoms with Gasteiger partial charge in [0.2, 0.25) is 5.91 Å². The first-order valence-electron chi connectivity index (χ1n) is 11.9. The van der Waals surface area contributed by atoms with Crippen LogP contribution in [0.5, 0.6) is 5.75 Å². The number of amides is 1. The number of aryl methyl sites for hydroxylation is 1. The smallest absolute Gasteiger partial charge is 0.244 e. The molecule has 2 aromatic rings. The van der Waals surface area contributed by atoms with Crippen LogP contribution in [0.25, 0.3) is 6.08 Å². The number of rotatable bonds is 8. The molecule has 0 aromatic heterocycles. The lowest BCUT2D eigenvalue weighted by molar-refractivity contribution is -0.137. The molecule has 1 unspecified atom stereocenters. The van der Waals surface area contributed by atoms with Crippen molar-refractivity contribution in [2.75, 3.05) is 27.2 Å². The molecule has 1 saturated heterocycles. The lowest BCUT2D eigenvalue weighted by Crippen LogP contribution is -2.43. The number of ether oxygens (including phenoxy) is 1. The minimum Gasteiger partial charge on any atom is -0.495 e. The predicted octanol–water partition coefficient (Wildman–Crippen LogP) is 5.62. The number of benzene rings is 2. The summed E-state index contributed by atoms with van der Waals surface area (Å²) in [6.45, 7) is 5.99. The van der Waals surface area contributed by atoms with E-state index >= 15 is 0 Å². The lowest BCUT2D eigenvalue weighted by Gasteiger charge is -2.36. The van der Waals surface area contributed by atoms with E-state index in [-0.39, 0.29) is 11.7 Å². The Labute approximate surface area is 202 Å². The molecule has 3 rings (SSSR count). The summed E-state index contributed by atoms with van der Waals surface area (Å²) in [5.41, 5.74) is 3.99. The van der Waals surface area contributed by atoms with Gasteiger partial charge >= 0.3 is 0 Å². The summed E-state index contributed by atoms with van der Waals surface area (Å²) in [7, 11) is 3.34. The van der Waals surface area contributed by atoms with E-state index in [4.69, 9.17) is 4.74 Å². The third-order valence-electron chi connectivity index (χ3n) is 6.42. The first kappa shape index (κ1) is 25.5. The monoisotopic (exact) mass is 463 g/mol. The van der Waals surface area contributed by atoms with Gasteiger partial charge in [0.15, 0.2) is 0 Å². The molecule has 1 atom stereocenters. The Morgan fingerprint density at radius 3 is 2.53 bits per heavy atom. The summed E-state index contributed by atoms with van der Waals surface area (Å²) in [5, 5.41) is 9.67.